The van der Waals surface area contributed by atoms with Gasteiger partial charge in [-0.15, -0.1) is 0 Å². The number of hydrogen-bond donors (Lipinski definition) is 2. The van der Waals surface area contributed by atoms with Gasteiger partial charge in [-0.3, -0.25) is 4.79 Å². The minimum Gasteiger partial charge on any atom is -0.497 e. The van der Waals surface area contributed by atoms with E-state index in [1.807, 2.05) is 55.6 Å². The van der Waals surface area contributed by atoms with E-state index in [9.17, 15) is 4.79 Å². The van der Waals surface area contributed by atoms with Crippen LogP contribution >= 0.6 is 0 Å². The first kappa shape index (κ1) is 15.1. The summed E-state index contributed by atoms with van der Waals surface area (Å²) >= 11 is 0. The monoisotopic (exact) mass is 284 g/mol. The van der Waals surface area contributed by atoms with Gasteiger partial charge >= 0.3 is 0 Å². The van der Waals surface area contributed by atoms with E-state index in [-0.39, 0.29) is 5.91 Å². The van der Waals surface area contributed by atoms with Gasteiger partial charge in [0.2, 0.25) is 5.91 Å². The molecule has 0 fully saturated rings. The lowest BCUT2D eigenvalue weighted by Crippen LogP contribution is -2.15. The number of carbonyl (C=O) groups excluding carboxylic acids is 1. The molecule has 0 radical (unpaired) electrons. The number of amides is 1. The van der Waals surface area contributed by atoms with E-state index >= 15 is 0 Å². The number of methoxy groups -OCH3 is 1. The Morgan fingerprint density at radius 2 is 1.86 bits per heavy atom. The minimum absolute atomic E-state index is 0.0372. The summed E-state index contributed by atoms with van der Waals surface area (Å²) in [5.41, 5.74) is 2.88. The third kappa shape index (κ3) is 4.61. The number of anilines is 1. The summed E-state index contributed by atoms with van der Waals surface area (Å²) in [7, 11) is 3.51. The molecule has 0 aliphatic carbocycles. The zero-order valence-electron chi connectivity index (χ0n) is 12.3. The normalized spacial score (nSPS) is 10.2. The summed E-state index contributed by atoms with van der Waals surface area (Å²) in [5.74, 6) is 0.723. The molecular formula is C17H20N2O2. The number of carbonyl (C=O) groups is 1. The van der Waals surface area contributed by atoms with Crippen molar-refractivity contribution in [3.8, 4) is 5.75 Å². The molecule has 0 spiro atoms. The highest BCUT2D eigenvalue weighted by Gasteiger charge is 2.05. The van der Waals surface area contributed by atoms with Crippen LogP contribution in [0.4, 0.5) is 5.69 Å². The van der Waals surface area contributed by atoms with Crippen molar-refractivity contribution in [2.45, 2.75) is 13.0 Å². The third-order valence-corrected chi connectivity index (χ3v) is 3.09. The van der Waals surface area contributed by atoms with Gasteiger partial charge in [0.05, 0.1) is 13.5 Å². The molecule has 0 heterocycles. The fourth-order valence-electron chi connectivity index (χ4n) is 2.14. The quantitative estimate of drug-likeness (QED) is 0.857. The molecule has 2 aromatic carbocycles. The number of benzene rings is 2. The van der Waals surface area contributed by atoms with E-state index in [1.54, 1.807) is 7.11 Å². The molecule has 0 aliphatic heterocycles. The molecule has 2 rings (SSSR count). The van der Waals surface area contributed by atoms with Crippen molar-refractivity contribution in [3.63, 3.8) is 0 Å². The molecule has 2 N–H and O–H groups in total. The zero-order chi connectivity index (χ0) is 15.1. The first-order chi connectivity index (χ1) is 10.2. The van der Waals surface area contributed by atoms with Crippen LogP contribution in [-0.2, 0) is 17.8 Å². The predicted molar refractivity (Wildman–Crippen MR) is 84.5 cm³/mol. The van der Waals surface area contributed by atoms with Crippen LogP contribution in [0, 0.1) is 0 Å². The van der Waals surface area contributed by atoms with Crippen LogP contribution in [0.15, 0.2) is 48.5 Å². The summed E-state index contributed by atoms with van der Waals surface area (Å²) in [6.45, 7) is 0.777. The Kier molecular flexibility index (Phi) is 5.35. The topological polar surface area (TPSA) is 50.4 Å². The summed E-state index contributed by atoms with van der Waals surface area (Å²) in [6, 6.07) is 15.4. The van der Waals surface area contributed by atoms with E-state index in [0.717, 1.165) is 29.1 Å². The average Bonchev–Trinajstić information content (AvgIpc) is 2.48. The van der Waals surface area contributed by atoms with E-state index < -0.39 is 0 Å². The van der Waals surface area contributed by atoms with Crippen LogP contribution in [0.2, 0.25) is 0 Å². The van der Waals surface area contributed by atoms with Crippen molar-refractivity contribution < 1.29 is 9.53 Å². The lowest BCUT2D eigenvalue weighted by atomic mass is 10.1. The van der Waals surface area contributed by atoms with E-state index in [4.69, 9.17) is 4.74 Å². The predicted octanol–water partition coefficient (Wildman–Crippen LogP) is 2.60. The molecule has 21 heavy (non-hydrogen) atoms. The first-order valence-electron chi connectivity index (χ1n) is 6.87. The second-order valence-corrected chi connectivity index (χ2v) is 4.81. The lowest BCUT2D eigenvalue weighted by Gasteiger charge is -2.08. The van der Waals surface area contributed by atoms with Crippen LogP contribution in [0.1, 0.15) is 11.1 Å². The van der Waals surface area contributed by atoms with Crippen molar-refractivity contribution >= 4 is 11.6 Å². The maximum atomic E-state index is 12.1. The largest absolute Gasteiger partial charge is 0.497 e. The van der Waals surface area contributed by atoms with Crippen molar-refractivity contribution in [2.75, 3.05) is 19.5 Å². The van der Waals surface area contributed by atoms with Crippen LogP contribution < -0.4 is 15.4 Å². The molecule has 0 bridgehead atoms. The Bertz CT molecular complexity index is 611. The number of rotatable bonds is 6. The van der Waals surface area contributed by atoms with Crippen molar-refractivity contribution in [1.82, 2.24) is 5.32 Å². The molecule has 0 aliphatic rings. The second kappa shape index (κ2) is 7.45. The summed E-state index contributed by atoms with van der Waals surface area (Å²) < 4.78 is 5.16. The van der Waals surface area contributed by atoms with Gasteiger partial charge < -0.3 is 15.4 Å². The standard InChI is InChI=1S/C17H20N2O2/c1-18-12-14-6-3-7-15(9-14)19-17(20)11-13-5-4-8-16(10-13)21-2/h3-10,18H,11-12H2,1-2H3,(H,19,20). The van der Waals surface area contributed by atoms with Gasteiger partial charge in [0, 0.05) is 12.2 Å². The van der Waals surface area contributed by atoms with Crippen LogP contribution in [0.5, 0.6) is 5.75 Å². The van der Waals surface area contributed by atoms with Gasteiger partial charge in [-0.1, -0.05) is 24.3 Å². The molecule has 2 aromatic rings. The lowest BCUT2D eigenvalue weighted by molar-refractivity contribution is -0.115. The Morgan fingerprint density at radius 1 is 1.10 bits per heavy atom. The summed E-state index contributed by atoms with van der Waals surface area (Å²) in [6.07, 6.45) is 0.327. The Labute approximate surface area is 125 Å². The Morgan fingerprint density at radius 3 is 2.62 bits per heavy atom. The smallest absolute Gasteiger partial charge is 0.228 e. The fraction of sp³-hybridized carbons (Fsp3) is 0.235. The molecule has 4 heteroatoms. The second-order valence-electron chi connectivity index (χ2n) is 4.81. The fourth-order valence-corrected chi connectivity index (χ4v) is 2.14. The van der Waals surface area contributed by atoms with Gasteiger partial charge in [-0.2, -0.15) is 0 Å². The minimum atomic E-state index is -0.0372. The van der Waals surface area contributed by atoms with Crippen LogP contribution in [0.3, 0.4) is 0 Å². The summed E-state index contributed by atoms with van der Waals surface area (Å²) in [5, 5.41) is 6.01. The number of hydrogen-bond acceptors (Lipinski definition) is 3. The average molecular weight is 284 g/mol. The maximum absolute atomic E-state index is 12.1. The van der Waals surface area contributed by atoms with Gasteiger partial charge in [-0.25, -0.2) is 0 Å². The molecule has 0 aromatic heterocycles. The Hall–Kier alpha value is -2.33. The molecule has 1 amide bonds. The first-order valence-corrected chi connectivity index (χ1v) is 6.87. The van der Waals surface area contributed by atoms with Crippen molar-refractivity contribution in [1.29, 1.82) is 0 Å². The van der Waals surface area contributed by atoms with E-state index in [1.165, 1.54) is 0 Å². The van der Waals surface area contributed by atoms with Crippen molar-refractivity contribution in [2.24, 2.45) is 0 Å². The number of nitrogens with one attached hydrogen (secondary N) is 2. The highest BCUT2D eigenvalue weighted by Crippen LogP contribution is 2.15. The summed E-state index contributed by atoms with van der Waals surface area (Å²) in [4.78, 5) is 12.1. The molecule has 0 unspecified atom stereocenters. The molecule has 110 valence electrons. The number of ether oxygens (including phenoxy) is 1. The maximum Gasteiger partial charge on any atom is 0.228 e. The van der Waals surface area contributed by atoms with Gasteiger partial charge in [0.15, 0.2) is 0 Å². The van der Waals surface area contributed by atoms with Gasteiger partial charge in [0.25, 0.3) is 0 Å². The molecular weight excluding hydrogens is 264 g/mol. The molecule has 4 nitrogen and oxygen atoms in total. The molecule has 0 saturated carbocycles. The van der Waals surface area contributed by atoms with Gasteiger partial charge in [0.1, 0.15) is 5.75 Å². The SMILES string of the molecule is CNCc1cccc(NC(=O)Cc2cccc(OC)c2)c1. The molecule has 0 saturated heterocycles. The zero-order valence-corrected chi connectivity index (χ0v) is 12.3. The van der Waals surface area contributed by atoms with E-state index in [0.29, 0.717) is 6.42 Å². The van der Waals surface area contributed by atoms with Crippen LogP contribution in [0.25, 0.3) is 0 Å². The highest BCUT2D eigenvalue weighted by atomic mass is 16.5. The van der Waals surface area contributed by atoms with Crippen molar-refractivity contribution in [3.05, 3.63) is 59.7 Å². The molecule has 0 atom stereocenters. The van der Waals surface area contributed by atoms with E-state index in [2.05, 4.69) is 10.6 Å². The van der Waals surface area contributed by atoms with Crippen LogP contribution in [-0.4, -0.2) is 20.1 Å². The van der Waals surface area contributed by atoms with Gasteiger partial charge in [-0.05, 0) is 42.4 Å². The third-order valence-electron chi connectivity index (χ3n) is 3.09. The Balaban J connectivity index is 1.99. The highest BCUT2D eigenvalue weighted by molar-refractivity contribution is 5.92.